The summed E-state index contributed by atoms with van der Waals surface area (Å²) in [5.41, 5.74) is 1.83. The van der Waals surface area contributed by atoms with Gasteiger partial charge in [-0.3, -0.25) is 14.6 Å². The molecule has 0 aromatic carbocycles. The van der Waals surface area contributed by atoms with Crippen LogP contribution in [0.5, 0.6) is 0 Å². The first-order valence-electron chi connectivity index (χ1n) is 6.80. The van der Waals surface area contributed by atoms with Crippen molar-refractivity contribution in [3.05, 3.63) is 29.6 Å². The number of aryl methyl sites for hydroxylation is 1. The molecule has 1 rings (SSSR count). The summed E-state index contributed by atoms with van der Waals surface area (Å²) in [6.45, 7) is 6.02. The van der Waals surface area contributed by atoms with Crippen LogP contribution in [0.1, 0.15) is 31.5 Å². The second kappa shape index (κ2) is 8.30. The number of carbonyl (C=O) groups excluding carboxylic acids is 2. The number of rotatable bonds is 7. The molecule has 1 unspecified atom stereocenters. The van der Waals surface area contributed by atoms with Crippen LogP contribution in [0, 0.1) is 12.8 Å². The number of pyridine rings is 1. The third kappa shape index (κ3) is 5.38. The Morgan fingerprint density at radius 3 is 2.55 bits per heavy atom. The normalized spacial score (nSPS) is 11.8. The van der Waals surface area contributed by atoms with E-state index >= 15 is 0 Å². The van der Waals surface area contributed by atoms with Crippen molar-refractivity contribution in [3.8, 4) is 0 Å². The molecule has 0 aliphatic carbocycles. The molecule has 0 bridgehead atoms. The lowest BCUT2D eigenvalue weighted by Crippen LogP contribution is -2.24. The lowest BCUT2D eigenvalue weighted by Gasteiger charge is -2.14. The molecule has 0 saturated carbocycles. The molecule has 0 fully saturated rings. The number of ether oxygens (including phenoxy) is 2. The number of nitrogens with zero attached hydrogens (tertiary/aromatic N) is 1. The van der Waals surface area contributed by atoms with E-state index in [1.54, 1.807) is 20.0 Å². The highest BCUT2D eigenvalue weighted by atomic mass is 16.5. The minimum Gasteiger partial charge on any atom is -0.466 e. The molecule has 1 aromatic rings. The third-order valence-corrected chi connectivity index (χ3v) is 2.77. The molecule has 0 spiro atoms. The van der Waals surface area contributed by atoms with Gasteiger partial charge in [0, 0.05) is 18.3 Å². The van der Waals surface area contributed by atoms with E-state index in [4.69, 9.17) is 9.47 Å². The van der Waals surface area contributed by atoms with E-state index in [2.05, 4.69) is 4.98 Å². The Morgan fingerprint density at radius 2 is 1.95 bits per heavy atom. The van der Waals surface area contributed by atoms with Gasteiger partial charge in [0.1, 0.15) is 0 Å². The van der Waals surface area contributed by atoms with E-state index in [1.165, 1.54) is 0 Å². The maximum atomic E-state index is 11.9. The zero-order chi connectivity index (χ0) is 15.0. The van der Waals surface area contributed by atoms with Gasteiger partial charge in [0.05, 0.1) is 25.6 Å². The van der Waals surface area contributed by atoms with E-state index in [9.17, 15) is 9.59 Å². The van der Waals surface area contributed by atoms with Crippen LogP contribution >= 0.6 is 0 Å². The van der Waals surface area contributed by atoms with Crippen LogP contribution in [0.15, 0.2) is 18.3 Å². The number of esters is 2. The Labute approximate surface area is 119 Å². The molecule has 0 aliphatic heterocycles. The van der Waals surface area contributed by atoms with Crippen LogP contribution in [0.2, 0.25) is 0 Å². The van der Waals surface area contributed by atoms with Crippen LogP contribution in [0.4, 0.5) is 0 Å². The fourth-order valence-corrected chi connectivity index (χ4v) is 1.88. The predicted octanol–water partition coefficient (Wildman–Crippen LogP) is 2.07. The summed E-state index contributed by atoms with van der Waals surface area (Å²) in [6.07, 6.45) is 2.08. The first-order chi connectivity index (χ1) is 9.56. The van der Waals surface area contributed by atoms with Crippen LogP contribution in [-0.2, 0) is 25.5 Å². The van der Waals surface area contributed by atoms with Gasteiger partial charge >= 0.3 is 11.9 Å². The lowest BCUT2D eigenvalue weighted by atomic mass is 9.98. The fraction of sp³-hybridized carbons (Fsp3) is 0.533. The van der Waals surface area contributed by atoms with E-state index in [0.717, 1.165) is 11.3 Å². The maximum Gasteiger partial charge on any atom is 0.309 e. The molecule has 0 amide bonds. The standard InChI is InChI=1S/C15H21NO4/c1-4-19-14(17)10-12(15(18)20-5-2)9-13-8-11(3)6-7-16-13/h6-8,12H,4-5,9-10H2,1-3H3. The molecule has 0 N–H and O–H groups in total. The van der Waals surface area contributed by atoms with Crippen molar-refractivity contribution >= 4 is 11.9 Å². The second-order valence-corrected chi connectivity index (χ2v) is 4.49. The average Bonchev–Trinajstić information content (AvgIpc) is 2.38. The van der Waals surface area contributed by atoms with Gasteiger partial charge in [-0.1, -0.05) is 0 Å². The molecule has 0 radical (unpaired) electrons. The fourth-order valence-electron chi connectivity index (χ4n) is 1.88. The first-order valence-corrected chi connectivity index (χ1v) is 6.80. The van der Waals surface area contributed by atoms with Gasteiger partial charge in [0.25, 0.3) is 0 Å². The van der Waals surface area contributed by atoms with Gasteiger partial charge < -0.3 is 9.47 Å². The van der Waals surface area contributed by atoms with Crippen LogP contribution in [-0.4, -0.2) is 30.1 Å². The predicted molar refractivity (Wildman–Crippen MR) is 74.1 cm³/mol. The van der Waals surface area contributed by atoms with Crippen molar-refractivity contribution in [2.45, 2.75) is 33.6 Å². The average molecular weight is 279 g/mol. The number of aromatic nitrogens is 1. The Bertz CT molecular complexity index is 459. The number of carbonyl (C=O) groups is 2. The lowest BCUT2D eigenvalue weighted by molar-refractivity contribution is -0.154. The number of hydrogen-bond donors (Lipinski definition) is 0. The molecule has 1 atom stereocenters. The minimum atomic E-state index is -0.553. The van der Waals surface area contributed by atoms with Crippen LogP contribution < -0.4 is 0 Å². The summed E-state index contributed by atoms with van der Waals surface area (Å²) < 4.78 is 9.91. The summed E-state index contributed by atoms with van der Waals surface area (Å²) in [6, 6.07) is 3.78. The van der Waals surface area contributed by atoms with Crippen LogP contribution in [0.3, 0.4) is 0 Å². The van der Waals surface area contributed by atoms with E-state index in [1.807, 2.05) is 19.1 Å². The third-order valence-electron chi connectivity index (χ3n) is 2.77. The van der Waals surface area contributed by atoms with Crippen molar-refractivity contribution in [2.75, 3.05) is 13.2 Å². The molecule has 0 saturated heterocycles. The van der Waals surface area contributed by atoms with E-state index in [0.29, 0.717) is 19.6 Å². The summed E-state index contributed by atoms with van der Waals surface area (Å²) >= 11 is 0. The molecular weight excluding hydrogens is 258 g/mol. The summed E-state index contributed by atoms with van der Waals surface area (Å²) in [5, 5.41) is 0. The van der Waals surface area contributed by atoms with Crippen molar-refractivity contribution in [1.29, 1.82) is 0 Å². The van der Waals surface area contributed by atoms with Gasteiger partial charge in [-0.15, -0.1) is 0 Å². The summed E-state index contributed by atoms with van der Waals surface area (Å²) in [7, 11) is 0. The van der Waals surface area contributed by atoms with Crippen molar-refractivity contribution < 1.29 is 19.1 Å². The highest BCUT2D eigenvalue weighted by Crippen LogP contribution is 2.15. The highest BCUT2D eigenvalue weighted by molar-refractivity contribution is 5.80. The maximum absolute atomic E-state index is 11.9. The van der Waals surface area contributed by atoms with Gasteiger partial charge in [-0.2, -0.15) is 0 Å². The van der Waals surface area contributed by atoms with Crippen molar-refractivity contribution in [2.24, 2.45) is 5.92 Å². The quantitative estimate of drug-likeness (QED) is 0.715. The molecule has 0 aliphatic rings. The highest BCUT2D eigenvalue weighted by Gasteiger charge is 2.24. The molecule has 1 heterocycles. The van der Waals surface area contributed by atoms with Gasteiger partial charge in [0.2, 0.25) is 0 Å². The monoisotopic (exact) mass is 279 g/mol. The second-order valence-electron chi connectivity index (χ2n) is 4.49. The molecule has 110 valence electrons. The number of hydrogen-bond acceptors (Lipinski definition) is 5. The smallest absolute Gasteiger partial charge is 0.309 e. The van der Waals surface area contributed by atoms with Crippen molar-refractivity contribution in [3.63, 3.8) is 0 Å². The Hall–Kier alpha value is -1.91. The van der Waals surface area contributed by atoms with Gasteiger partial charge in [-0.25, -0.2) is 0 Å². The summed E-state index contributed by atoms with van der Waals surface area (Å²) in [5.74, 6) is -1.33. The molecule has 5 nitrogen and oxygen atoms in total. The Morgan fingerprint density at radius 1 is 1.25 bits per heavy atom. The molecule has 20 heavy (non-hydrogen) atoms. The zero-order valence-corrected chi connectivity index (χ0v) is 12.2. The van der Waals surface area contributed by atoms with Gasteiger partial charge in [0.15, 0.2) is 0 Å². The molecule has 5 heteroatoms. The SMILES string of the molecule is CCOC(=O)CC(Cc1cc(C)ccn1)C(=O)OCC. The van der Waals surface area contributed by atoms with Crippen LogP contribution in [0.25, 0.3) is 0 Å². The molecule has 1 aromatic heterocycles. The Balaban J connectivity index is 2.76. The molecular formula is C15H21NO4. The topological polar surface area (TPSA) is 65.5 Å². The van der Waals surface area contributed by atoms with E-state index < -0.39 is 11.9 Å². The zero-order valence-electron chi connectivity index (χ0n) is 12.2. The van der Waals surface area contributed by atoms with Crippen molar-refractivity contribution in [1.82, 2.24) is 4.98 Å². The van der Waals surface area contributed by atoms with E-state index in [-0.39, 0.29) is 12.4 Å². The Kier molecular flexibility index (Phi) is 6.70. The minimum absolute atomic E-state index is 0.0162. The largest absolute Gasteiger partial charge is 0.466 e. The first kappa shape index (κ1) is 16.1. The summed E-state index contributed by atoms with van der Waals surface area (Å²) in [4.78, 5) is 27.7. The van der Waals surface area contributed by atoms with Gasteiger partial charge in [-0.05, 0) is 38.5 Å².